The number of hydrogen-bond acceptors (Lipinski definition) is 2. The number of rotatable bonds is 5. The largest absolute Gasteiger partial charge is 0.486 e. The second-order valence-electron chi connectivity index (χ2n) is 3.65. The van der Waals surface area contributed by atoms with Crippen LogP contribution >= 0.6 is 0 Å². The highest BCUT2D eigenvalue weighted by Crippen LogP contribution is 2.20. The third-order valence-electron chi connectivity index (χ3n) is 2.14. The number of hydrogen-bond donors (Lipinski definition) is 1. The summed E-state index contributed by atoms with van der Waals surface area (Å²) >= 11 is 0. The molecule has 3 heteroatoms. The normalized spacial score (nSPS) is 11.9. The van der Waals surface area contributed by atoms with Crippen LogP contribution < -0.4 is 10.1 Å². The molecule has 0 fully saturated rings. The van der Waals surface area contributed by atoms with Crippen LogP contribution in [0.2, 0.25) is 0 Å². The maximum atomic E-state index is 13.6. The van der Waals surface area contributed by atoms with Crippen LogP contribution in [0.15, 0.2) is 18.2 Å². The first-order chi connectivity index (χ1) is 7.65. The minimum Gasteiger partial charge on any atom is -0.486 e. The first-order valence-corrected chi connectivity index (χ1v) is 5.21. The third-order valence-corrected chi connectivity index (χ3v) is 2.14. The smallest absolute Gasteiger partial charge is 0.167 e. The van der Waals surface area contributed by atoms with Gasteiger partial charge in [-0.25, -0.2) is 4.39 Å². The lowest BCUT2D eigenvalue weighted by molar-refractivity contribution is 0.209. The molecular formula is C13H16FNO. The van der Waals surface area contributed by atoms with E-state index in [1.807, 2.05) is 6.92 Å². The van der Waals surface area contributed by atoms with Gasteiger partial charge in [-0.05, 0) is 25.5 Å². The fraction of sp³-hybridized carbons (Fsp3) is 0.385. The molecule has 1 aromatic carbocycles. The van der Waals surface area contributed by atoms with Gasteiger partial charge in [0.05, 0.1) is 6.54 Å². The Morgan fingerprint density at radius 1 is 1.56 bits per heavy atom. The third kappa shape index (κ3) is 3.56. The molecule has 0 aliphatic heterocycles. The summed E-state index contributed by atoms with van der Waals surface area (Å²) in [6.07, 6.45) is 4.98. The SMILES string of the molecule is C#CCNCC(C)Oc1cccc(C)c1F. The van der Waals surface area contributed by atoms with Gasteiger partial charge in [-0.1, -0.05) is 18.1 Å². The highest BCUT2D eigenvalue weighted by molar-refractivity contribution is 5.30. The fourth-order valence-corrected chi connectivity index (χ4v) is 1.32. The van der Waals surface area contributed by atoms with Crippen LogP contribution in [0.5, 0.6) is 5.75 Å². The van der Waals surface area contributed by atoms with Gasteiger partial charge in [0.25, 0.3) is 0 Å². The summed E-state index contributed by atoms with van der Waals surface area (Å²) in [5.41, 5.74) is 0.585. The van der Waals surface area contributed by atoms with E-state index in [1.165, 1.54) is 0 Å². The molecule has 1 unspecified atom stereocenters. The molecular weight excluding hydrogens is 205 g/mol. The lowest BCUT2D eigenvalue weighted by atomic mass is 10.2. The van der Waals surface area contributed by atoms with Crippen molar-refractivity contribution in [2.45, 2.75) is 20.0 Å². The van der Waals surface area contributed by atoms with Crippen molar-refractivity contribution < 1.29 is 9.13 Å². The van der Waals surface area contributed by atoms with Gasteiger partial charge in [0.15, 0.2) is 11.6 Å². The summed E-state index contributed by atoms with van der Waals surface area (Å²) in [6.45, 7) is 4.66. The molecule has 86 valence electrons. The van der Waals surface area contributed by atoms with E-state index in [9.17, 15) is 4.39 Å². The van der Waals surface area contributed by atoms with Crippen LogP contribution in [0.3, 0.4) is 0 Å². The first kappa shape index (κ1) is 12.5. The monoisotopic (exact) mass is 221 g/mol. The summed E-state index contributed by atoms with van der Waals surface area (Å²) in [6, 6.07) is 5.11. The van der Waals surface area contributed by atoms with Crippen molar-refractivity contribution in [1.29, 1.82) is 0 Å². The standard InChI is InChI=1S/C13H16FNO/c1-4-8-15-9-11(3)16-12-7-5-6-10(2)13(12)14/h1,5-7,11,15H,8-9H2,2-3H3. The lowest BCUT2D eigenvalue weighted by Gasteiger charge is -2.15. The lowest BCUT2D eigenvalue weighted by Crippen LogP contribution is -2.29. The Morgan fingerprint density at radius 2 is 2.31 bits per heavy atom. The van der Waals surface area contributed by atoms with E-state index in [4.69, 9.17) is 11.2 Å². The summed E-state index contributed by atoms with van der Waals surface area (Å²) in [5.74, 6) is 2.45. The van der Waals surface area contributed by atoms with E-state index in [-0.39, 0.29) is 17.7 Å². The fourth-order valence-electron chi connectivity index (χ4n) is 1.32. The van der Waals surface area contributed by atoms with Crippen LogP contribution in [0, 0.1) is 25.1 Å². The molecule has 1 aromatic rings. The van der Waals surface area contributed by atoms with Crippen LogP contribution in [0.1, 0.15) is 12.5 Å². The van der Waals surface area contributed by atoms with Crippen molar-refractivity contribution in [3.8, 4) is 18.1 Å². The van der Waals surface area contributed by atoms with Crippen molar-refractivity contribution >= 4 is 0 Å². The zero-order valence-electron chi connectivity index (χ0n) is 9.59. The second-order valence-corrected chi connectivity index (χ2v) is 3.65. The summed E-state index contributed by atoms with van der Waals surface area (Å²) in [5, 5.41) is 3.01. The Hall–Kier alpha value is -1.53. The molecule has 0 aliphatic rings. The van der Waals surface area contributed by atoms with Crippen molar-refractivity contribution in [3.63, 3.8) is 0 Å². The summed E-state index contributed by atoms with van der Waals surface area (Å²) < 4.78 is 19.0. The quantitative estimate of drug-likeness (QED) is 0.607. The van der Waals surface area contributed by atoms with Gasteiger partial charge in [0, 0.05) is 6.54 Å². The van der Waals surface area contributed by atoms with E-state index in [0.29, 0.717) is 18.7 Å². The summed E-state index contributed by atoms with van der Waals surface area (Å²) in [7, 11) is 0. The van der Waals surface area contributed by atoms with Gasteiger partial charge in [-0.15, -0.1) is 6.42 Å². The number of ether oxygens (including phenoxy) is 1. The van der Waals surface area contributed by atoms with Crippen LogP contribution in [-0.4, -0.2) is 19.2 Å². The van der Waals surface area contributed by atoms with E-state index in [0.717, 1.165) is 0 Å². The van der Waals surface area contributed by atoms with Gasteiger partial charge in [-0.2, -0.15) is 0 Å². The van der Waals surface area contributed by atoms with E-state index >= 15 is 0 Å². The summed E-state index contributed by atoms with van der Waals surface area (Å²) in [4.78, 5) is 0. The molecule has 0 amide bonds. The van der Waals surface area contributed by atoms with Crippen LogP contribution in [-0.2, 0) is 0 Å². The van der Waals surface area contributed by atoms with E-state index in [2.05, 4.69) is 11.2 Å². The van der Waals surface area contributed by atoms with Crippen molar-refractivity contribution in [1.82, 2.24) is 5.32 Å². The minimum atomic E-state index is -0.300. The molecule has 0 aliphatic carbocycles. The molecule has 2 nitrogen and oxygen atoms in total. The number of terminal acetylenes is 1. The predicted octanol–water partition coefficient (Wildman–Crippen LogP) is 2.12. The molecule has 16 heavy (non-hydrogen) atoms. The average Bonchev–Trinajstić information content (AvgIpc) is 2.25. The van der Waals surface area contributed by atoms with Gasteiger partial charge in [-0.3, -0.25) is 0 Å². The zero-order valence-corrected chi connectivity index (χ0v) is 9.59. The zero-order chi connectivity index (χ0) is 12.0. The Kier molecular flexibility index (Phi) is 4.81. The van der Waals surface area contributed by atoms with E-state index < -0.39 is 0 Å². The molecule has 1 rings (SSSR count). The Bertz CT molecular complexity index is 384. The van der Waals surface area contributed by atoms with Crippen LogP contribution in [0.25, 0.3) is 0 Å². The molecule has 1 N–H and O–H groups in total. The molecule has 0 heterocycles. The molecule has 0 saturated heterocycles. The second kappa shape index (κ2) is 6.14. The molecule has 1 atom stereocenters. The Labute approximate surface area is 95.8 Å². The first-order valence-electron chi connectivity index (χ1n) is 5.21. The van der Waals surface area contributed by atoms with Crippen LogP contribution in [0.4, 0.5) is 4.39 Å². The average molecular weight is 221 g/mol. The Balaban J connectivity index is 2.53. The number of aryl methyl sites for hydroxylation is 1. The van der Waals surface area contributed by atoms with Crippen molar-refractivity contribution in [3.05, 3.63) is 29.6 Å². The van der Waals surface area contributed by atoms with Gasteiger partial charge < -0.3 is 10.1 Å². The van der Waals surface area contributed by atoms with Crippen molar-refractivity contribution in [2.24, 2.45) is 0 Å². The highest BCUT2D eigenvalue weighted by atomic mass is 19.1. The van der Waals surface area contributed by atoms with Crippen molar-refractivity contribution in [2.75, 3.05) is 13.1 Å². The number of benzene rings is 1. The minimum absolute atomic E-state index is 0.121. The molecule has 0 aromatic heterocycles. The number of nitrogens with one attached hydrogen (secondary N) is 1. The Morgan fingerprint density at radius 3 is 3.00 bits per heavy atom. The maximum absolute atomic E-state index is 13.6. The topological polar surface area (TPSA) is 21.3 Å². The predicted molar refractivity (Wildman–Crippen MR) is 62.9 cm³/mol. The maximum Gasteiger partial charge on any atom is 0.167 e. The number of halogens is 1. The molecule has 0 radical (unpaired) electrons. The van der Waals surface area contributed by atoms with E-state index in [1.54, 1.807) is 25.1 Å². The molecule has 0 bridgehead atoms. The molecule has 0 spiro atoms. The van der Waals surface area contributed by atoms with Gasteiger partial charge in [0.1, 0.15) is 6.10 Å². The highest BCUT2D eigenvalue weighted by Gasteiger charge is 2.09. The van der Waals surface area contributed by atoms with Gasteiger partial charge >= 0.3 is 0 Å². The van der Waals surface area contributed by atoms with Gasteiger partial charge in [0.2, 0.25) is 0 Å². The molecule has 0 saturated carbocycles.